The van der Waals surface area contributed by atoms with Crippen LogP contribution in [0.4, 0.5) is 11.4 Å². The van der Waals surface area contributed by atoms with E-state index < -0.39 is 0 Å². The van der Waals surface area contributed by atoms with E-state index in [0.717, 1.165) is 54.2 Å². The van der Waals surface area contributed by atoms with Crippen LogP contribution in [0, 0.1) is 35.5 Å². The summed E-state index contributed by atoms with van der Waals surface area (Å²) in [4.78, 5) is 0. The van der Waals surface area contributed by atoms with Gasteiger partial charge in [-0.25, -0.2) is 0 Å². The van der Waals surface area contributed by atoms with Gasteiger partial charge in [-0.15, -0.1) is 0 Å². The average molecular weight is 923 g/mol. The molecule has 2 nitrogen and oxygen atoms in total. The number of benzene rings is 8. The topological polar surface area (TPSA) is 17.0 Å². The van der Waals surface area contributed by atoms with E-state index in [1.165, 1.54) is 147 Å². The van der Waals surface area contributed by atoms with Crippen LogP contribution in [0.25, 0.3) is 71.6 Å². The van der Waals surface area contributed by atoms with Crippen molar-refractivity contribution in [1.82, 2.24) is 4.57 Å². The van der Waals surface area contributed by atoms with E-state index in [1.54, 1.807) is 11.1 Å². The van der Waals surface area contributed by atoms with Crippen molar-refractivity contribution in [1.29, 1.82) is 0 Å². The predicted octanol–water partition coefficient (Wildman–Crippen LogP) is 16.6. The average Bonchev–Trinajstić information content (AvgIpc) is 3.70. The van der Waals surface area contributed by atoms with E-state index >= 15 is 0 Å². The summed E-state index contributed by atoms with van der Waals surface area (Å²) in [6, 6.07) is 63.1. The van der Waals surface area contributed by atoms with E-state index in [0.29, 0.717) is 0 Å². The van der Waals surface area contributed by atoms with Crippen LogP contribution in [-0.2, 0) is 10.8 Å². The normalized spacial score (nSPS) is 26.5. The lowest BCUT2D eigenvalue weighted by atomic mass is 9.53. The van der Waals surface area contributed by atoms with Gasteiger partial charge in [0, 0.05) is 38.9 Å². The van der Waals surface area contributed by atoms with E-state index in [4.69, 9.17) is 0 Å². The van der Waals surface area contributed by atoms with Crippen molar-refractivity contribution in [2.75, 3.05) is 5.32 Å². The molecule has 71 heavy (non-hydrogen) atoms. The molecule has 4 aliphatic carbocycles. The lowest BCUT2D eigenvalue weighted by Crippen LogP contribution is -2.44. The molecule has 14 rings (SSSR count). The van der Waals surface area contributed by atoms with Crippen LogP contribution in [0.15, 0.2) is 164 Å². The van der Waals surface area contributed by atoms with Gasteiger partial charge in [0.05, 0.1) is 5.52 Å². The first kappa shape index (κ1) is 43.5. The summed E-state index contributed by atoms with van der Waals surface area (Å²) >= 11 is 0. The first-order valence-corrected chi connectivity index (χ1v) is 27.4. The summed E-state index contributed by atoms with van der Waals surface area (Å²) in [5, 5.41) is 9.46. The molecule has 9 aromatic rings. The molecular formula is C68H67BN2. The van der Waals surface area contributed by atoms with Crippen LogP contribution in [0.5, 0.6) is 0 Å². The van der Waals surface area contributed by atoms with Gasteiger partial charge in [-0.3, -0.25) is 0 Å². The smallest absolute Gasteiger partial charge is 0.198 e. The Hall–Kier alpha value is -6.32. The van der Waals surface area contributed by atoms with Crippen molar-refractivity contribution in [3.63, 3.8) is 0 Å². The van der Waals surface area contributed by atoms with Gasteiger partial charge in [-0.1, -0.05) is 142 Å². The Labute approximate surface area is 422 Å². The standard InChI is InChI=1S/C68H67BN2/c1-42-25-46-26-43(2)37-67(36-42,40-46)54-21-24-63-58(33-54)60-34-55(68-38-44(3)27-47(41-68)28-45(4)39-68)35-61-66(60)71(63)64-32-53(49-15-9-6-10-16-49)30-59(65(64)69-61)57-29-51-17-11-12-18-52(51)31-62(57)70-56-22-19-50(20-23-56)48-13-7-5-8-14-48/h5-24,29-35,42-47,69-70H,25-28,36-41H2,1-4H3. The Morgan fingerprint density at radius 1 is 0.465 bits per heavy atom. The van der Waals surface area contributed by atoms with Crippen molar-refractivity contribution in [2.24, 2.45) is 35.5 Å². The third kappa shape index (κ3) is 7.34. The molecule has 1 aliphatic heterocycles. The highest BCUT2D eigenvalue weighted by atomic mass is 15.0. The molecule has 4 saturated carbocycles. The lowest BCUT2D eigenvalue weighted by molar-refractivity contribution is 0.0779. The Bertz CT molecular complexity index is 3490. The van der Waals surface area contributed by atoms with E-state index in [9.17, 15) is 0 Å². The summed E-state index contributed by atoms with van der Waals surface area (Å²) in [6.45, 7) is 10.2. The van der Waals surface area contributed by atoms with Gasteiger partial charge in [0.1, 0.15) is 0 Å². The van der Waals surface area contributed by atoms with Crippen LogP contribution in [0.3, 0.4) is 0 Å². The molecule has 3 heteroatoms. The second kappa shape index (κ2) is 16.6. The quantitative estimate of drug-likeness (QED) is 0.158. The highest BCUT2D eigenvalue weighted by Gasteiger charge is 2.47. The van der Waals surface area contributed by atoms with Gasteiger partial charge in [-0.2, -0.15) is 0 Å². The highest BCUT2D eigenvalue weighted by molar-refractivity contribution is 6.73. The zero-order valence-electron chi connectivity index (χ0n) is 42.3. The minimum Gasteiger partial charge on any atom is -0.355 e. The maximum atomic E-state index is 4.01. The molecule has 5 aliphatic rings. The van der Waals surface area contributed by atoms with Gasteiger partial charge in [0.15, 0.2) is 7.28 Å². The Balaban J connectivity index is 1.01. The maximum Gasteiger partial charge on any atom is 0.198 e. The molecule has 0 saturated heterocycles. The maximum absolute atomic E-state index is 4.01. The molecule has 2 heterocycles. The van der Waals surface area contributed by atoms with Crippen molar-refractivity contribution in [2.45, 2.75) is 103 Å². The number of nitrogens with zero attached hydrogens (tertiary/aromatic N) is 1. The number of rotatable bonds is 7. The summed E-state index contributed by atoms with van der Waals surface area (Å²) in [5.41, 5.74) is 20.5. The first-order valence-electron chi connectivity index (χ1n) is 27.4. The Morgan fingerprint density at radius 3 is 1.65 bits per heavy atom. The van der Waals surface area contributed by atoms with Gasteiger partial charge < -0.3 is 9.88 Å². The largest absolute Gasteiger partial charge is 0.355 e. The molecule has 0 radical (unpaired) electrons. The van der Waals surface area contributed by atoms with Crippen LogP contribution in [0.2, 0.25) is 0 Å². The first-order chi connectivity index (χ1) is 34.6. The van der Waals surface area contributed by atoms with Gasteiger partial charge in [-0.05, 0) is 220 Å². The fourth-order valence-electron chi connectivity index (χ4n) is 16.7. The number of hydrogen-bond donors (Lipinski definition) is 1. The summed E-state index contributed by atoms with van der Waals surface area (Å²) in [6.07, 6.45) is 13.5. The zero-order valence-corrected chi connectivity index (χ0v) is 42.3. The third-order valence-electron chi connectivity index (χ3n) is 18.8. The summed E-state index contributed by atoms with van der Waals surface area (Å²) in [7, 11) is 0.899. The minimum absolute atomic E-state index is 0.228. The van der Waals surface area contributed by atoms with Crippen LogP contribution in [-0.4, -0.2) is 11.8 Å². The minimum atomic E-state index is 0.228. The van der Waals surface area contributed by atoms with E-state index in [-0.39, 0.29) is 10.8 Å². The fraction of sp³-hybridized carbons (Fsp3) is 0.324. The van der Waals surface area contributed by atoms with Crippen molar-refractivity contribution >= 4 is 62.2 Å². The Kier molecular flexibility index (Phi) is 10.2. The molecule has 4 atom stereocenters. The van der Waals surface area contributed by atoms with Crippen molar-refractivity contribution in [3.05, 3.63) is 175 Å². The van der Waals surface area contributed by atoms with Crippen molar-refractivity contribution in [3.8, 4) is 39.1 Å². The lowest BCUT2D eigenvalue weighted by Gasteiger charge is -2.50. The number of hydrogen-bond acceptors (Lipinski definition) is 1. The molecular weight excluding hydrogens is 856 g/mol. The van der Waals surface area contributed by atoms with Gasteiger partial charge in [0.2, 0.25) is 0 Å². The summed E-state index contributed by atoms with van der Waals surface area (Å²) < 4.78 is 2.74. The SMILES string of the molecule is CC1CC2CC(C)CC(c3ccc4c(c3)c3cc(C56CC(C)CC(CC(C)C5)C6)cc5c3n4-c3cc(-c4ccccc4)cc(-c4cc6ccccc6cc4Nc4ccc(-c6ccccc6)cc4)c3B5)(C1)C2. The highest BCUT2D eigenvalue weighted by Crippen LogP contribution is 2.57. The second-order valence-electron chi connectivity index (χ2n) is 24.4. The van der Waals surface area contributed by atoms with Crippen LogP contribution >= 0.6 is 0 Å². The van der Waals surface area contributed by atoms with Crippen LogP contribution < -0.4 is 16.2 Å². The number of anilines is 2. The van der Waals surface area contributed by atoms with E-state index in [1.807, 2.05) is 0 Å². The molecule has 8 aromatic carbocycles. The third-order valence-corrected chi connectivity index (χ3v) is 18.8. The molecule has 1 N–H and O–H groups in total. The van der Waals surface area contributed by atoms with Gasteiger partial charge >= 0.3 is 0 Å². The zero-order chi connectivity index (χ0) is 47.6. The molecule has 4 fully saturated rings. The number of fused-ring (bicyclic) bond motifs is 10. The molecule has 0 amide bonds. The fourth-order valence-corrected chi connectivity index (χ4v) is 16.7. The molecule has 1 aromatic heterocycles. The van der Waals surface area contributed by atoms with Crippen LogP contribution in [0.1, 0.15) is 103 Å². The van der Waals surface area contributed by atoms with E-state index in [2.05, 4.69) is 201 Å². The molecule has 4 bridgehead atoms. The Morgan fingerprint density at radius 2 is 1.01 bits per heavy atom. The number of nitrogens with one attached hydrogen (secondary N) is 1. The molecule has 352 valence electrons. The second-order valence-corrected chi connectivity index (χ2v) is 24.4. The predicted molar refractivity (Wildman–Crippen MR) is 304 cm³/mol. The summed E-state index contributed by atoms with van der Waals surface area (Å²) in [5.74, 6) is 4.74. The number of aromatic nitrogens is 1. The van der Waals surface area contributed by atoms with Gasteiger partial charge in [0.25, 0.3) is 0 Å². The monoisotopic (exact) mass is 923 g/mol. The molecule has 4 unspecified atom stereocenters. The molecule has 0 spiro atoms. The van der Waals surface area contributed by atoms with Crippen molar-refractivity contribution < 1.29 is 0 Å².